The summed E-state index contributed by atoms with van der Waals surface area (Å²) in [6, 6.07) is 73.4. The SMILES string of the molecule is N#Cc1ccc(-c2ccc3c(c2)c2ccccc2n3-c2ccc(-c3nc(-c4ccccc4)nc(-c4ccccc4)n3)cc2-c2ccncc2-c2nc(-c3ccccc3)nc(-c3ccccc3)n2)cc1. The molecule has 322 valence electrons. The zero-order valence-electron chi connectivity index (χ0n) is 36.9. The first-order valence-corrected chi connectivity index (χ1v) is 22.5. The van der Waals surface area contributed by atoms with Crippen molar-refractivity contribution in [3.8, 4) is 102 Å². The van der Waals surface area contributed by atoms with Gasteiger partial charge in [-0.1, -0.05) is 158 Å². The van der Waals surface area contributed by atoms with Crippen molar-refractivity contribution in [3.05, 3.63) is 230 Å². The van der Waals surface area contributed by atoms with Crippen LogP contribution in [0.25, 0.3) is 118 Å². The third-order valence-corrected chi connectivity index (χ3v) is 12.3. The molecule has 0 N–H and O–H groups in total. The fraction of sp³-hybridized carbons (Fsp3) is 0. The molecule has 69 heavy (non-hydrogen) atoms. The quantitative estimate of drug-likeness (QED) is 0.141. The summed E-state index contributed by atoms with van der Waals surface area (Å²) in [5.41, 5.74) is 12.4. The van der Waals surface area contributed by atoms with Gasteiger partial charge in [-0.3, -0.25) is 4.98 Å². The molecule has 8 aromatic carbocycles. The molecule has 0 aliphatic rings. The van der Waals surface area contributed by atoms with E-state index >= 15 is 0 Å². The van der Waals surface area contributed by atoms with Crippen molar-refractivity contribution in [3.63, 3.8) is 0 Å². The number of rotatable bonds is 9. The largest absolute Gasteiger partial charge is 0.309 e. The predicted molar refractivity (Wildman–Crippen MR) is 274 cm³/mol. The average Bonchev–Trinajstić information content (AvgIpc) is 3.77. The number of aromatic nitrogens is 8. The Morgan fingerprint density at radius 3 is 1.35 bits per heavy atom. The van der Waals surface area contributed by atoms with Gasteiger partial charge in [0.2, 0.25) is 0 Å². The van der Waals surface area contributed by atoms with Crippen LogP contribution in [0.4, 0.5) is 0 Å². The highest BCUT2D eigenvalue weighted by molar-refractivity contribution is 6.11. The second-order valence-electron chi connectivity index (χ2n) is 16.5. The number of nitriles is 1. The van der Waals surface area contributed by atoms with Gasteiger partial charge in [0.1, 0.15) is 0 Å². The maximum Gasteiger partial charge on any atom is 0.166 e. The van der Waals surface area contributed by atoms with E-state index in [-0.39, 0.29) is 0 Å². The molecule has 0 radical (unpaired) electrons. The van der Waals surface area contributed by atoms with Gasteiger partial charge >= 0.3 is 0 Å². The Bertz CT molecular complexity index is 3770. The fourth-order valence-corrected chi connectivity index (χ4v) is 8.91. The van der Waals surface area contributed by atoms with Gasteiger partial charge < -0.3 is 4.57 Å². The lowest BCUT2D eigenvalue weighted by molar-refractivity contribution is 1.07. The van der Waals surface area contributed by atoms with Crippen LogP contribution < -0.4 is 0 Å². The van der Waals surface area contributed by atoms with E-state index in [0.29, 0.717) is 40.5 Å². The highest BCUT2D eigenvalue weighted by Gasteiger charge is 2.23. The van der Waals surface area contributed by atoms with Gasteiger partial charge in [0, 0.05) is 62.1 Å². The van der Waals surface area contributed by atoms with Crippen molar-refractivity contribution in [2.75, 3.05) is 0 Å². The number of fused-ring (bicyclic) bond motifs is 3. The number of hydrogen-bond acceptors (Lipinski definition) is 8. The molecule has 0 saturated heterocycles. The first-order valence-electron chi connectivity index (χ1n) is 22.5. The molecule has 12 rings (SSSR count). The van der Waals surface area contributed by atoms with E-state index in [0.717, 1.165) is 83.1 Å². The van der Waals surface area contributed by atoms with Crippen molar-refractivity contribution in [2.24, 2.45) is 0 Å². The topological polar surface area (TPSA) is 119 Å². The number of pyridine rings is 1. The Balaban J connectivity index is 1.12. The molecular weight excluding hydrogens is 847 g/mol. The minimum atomic E-state index is 0.481. The van der Waals surface area contributed by atoms with Crippen LogP contribution in [0.2, 0.25) is 0 Å². The van der Waals surface area contributed by atoms with Crippen molar-refractivity contribution in [1.29, 1.82) is 5.26 Å². The molecule has 0 amide bonds. The minimum Gasteiger partial charge on any atom is -0.309 e. The molecule has 4 aromatic heterocycles. The summed E-state index contributed by atoms with van der Waals surface area (Å²) in [6.45, 7) is 0. The molecule has 0 aliphatic carbocycles. The predicted octanol–water partition coefficient (Wildman–Crippen LogP) is 13.8. The molecule has 0 aliphatic heterocycles. The summed E-state index contributed by atoms with van der Waals surface area (Å²) in [5.74, 6) is 3.25. The highest BCUT2D eigenvalue weighted by atomic mass is 15.0. The zero-order valence-corrected chi connectivity index (χ0v) is 36.9. The van der Waals surface area contributed by atoms with Crippen molar-refractivity contribution < 1.29 is 0 Å². The Morgan fingerprint density at radius 2 is 0.797 bits per heavy atom. The van der Waals surface area contributed by atoms with Crippen LogP contribution in [0.3, 0.4) is 0 Å². The van der Waals surface area contributed by atoms with Gasteiger partial charge in [0.15, 0.2) is 34.9 Å². The Morgan fingerprint density at radius 1 is 0.333 bits per heavy atom. The van der Waals surface area contributed by atoms with E-state index < -0.39 is 0 Å². The second kappa shape index (κ2) is 17.5. The van der Waals surface area contributed by atoms with Crippen LogP contribution >= 0.6 is 0 Å². The third-order valence-electron chi connectivity index (χ3n) is 12.3. The number of hydrogen-bond donors (Lipinski definition) is 0. The van der Waals surface area contributed by atoms with Crippen LogP contribution in [0, 0.1) is 11.3 Å². The van der Waals surface area contributed by atoms with Crippen molar-refractivity contribution in [2.45, 2.75) is 0 Å². The lowest BCUT2D eigenvalue weighted by atomic mass is 9.96. The van der Waals surface area contributed by atoms with Crippen LogP contribution in [-0.2, 0) is 0 Å². The number of benzene rings is 8. The van der Waals surface area contributed by atoms with E-state index in [1.807, 2.05) is 164 Å². The van der Waals surface area contributed by atoms with Gasteiger partial charge in [-0.2, -0.15) is 5.26 Å². The van der Waals surface area contributed by atoms with E-state index in [1.54, 1.807) is 0 Å². The second-order valence-corrected chi connectivity index (χ2v) is 16.5. The summed E-state index contributed by atoms with van der Waals surface area (Å²) in [6.07, 6.45) is 3.65. The van der Waals surface area contributed by atoms with Crippen LogP contribution in [0.5, 0.6) is 0 Å². The first-order chi connectivity index (χ1) is 34.1. The van der Waals surface area contributed by atoms with Crippen molar-refractivity contribution in [1.82, 2.24) is 39.5 Å². The Kier molecular flexibility index (Phi) is 10.4. The molecule has 0 saturated carbocycles. The van der Waals surface area contributed by atoms with Gasteiger partial charge in [-0.05, 0) is 71.3 Å². The fourth-order valence-electron chi connectivity index (χ4n) is 8.91. The first kappa shape index (κ1) is 40.7. The maximum atomic E-state index is 9.50. The van der Waals surface area contributed by atoms with Crippen LogP contribution in [0.15, 0.2) is 225 Å². The Hall–Kier alpha value is -9.78. The average molecular weight is 884 g/mol. The molecule has 0 atom stereocenters. The number of para-hydroxylation sites is 1. The summed E-state index contributed by atoms with van der Waals surface area (Å²) in [5, 5.41) is 11.7. The third kappa shape index (κ3) is 7.74. The van der Waals surface area contributed by atoms with Crippen LogP contribution in [0.1, 0.15) is 5.56 Å². The van der Waals surface area contributed by atoms with E-state index in [9.17, 15) is 5.26 Å². The normalized spacial score (nSPS) is 11.2. The van der Waals surface area contributed by atoms with Crippen LogP contribution in [-0.4, -0.2) is 39.5 Å². The summed E-state index contributed by atoms with van der Waals surface area (Å²) in [4.78, 5) is 35.4. The van der Waals surface area contributed by atoms with Gasteiger partial charge in [-0.25, -0.2) is 29.9 Å². The van der Waals surface area contributed by atoms with Gasteiger partial charge in [0.05, 0.1) is 28.4 Å². The molecule has 0 spiro atoms. The highest BCUT2D eigenvalue weighted by Crippen LogP contribution is 2.42. The van der Waals surface area contributed by atoms with Gasteiger partial charge in [-0.15, -0.1) is 0 Å². The van der Waals surface area contributed by atoms with E-state index in [2.05, 4.69) is 71.3 Å². The smallest absolute Gasteiger partial charge is 0.166 e. The maximum absolute atomic E-state index is 9.50. The molecule has 0 fully saturated rings. The lowest BCUT2D eigenvalue weighted by Crippen LogP contribution is -2.04. The molecule has 0 bridgehead atoms. The molecule has 9 nitrogen and oxygen atoms in total. The van der Waals surface area contributed by atoms with Crippen molar-refractivity contribution >= 4 is 21.8 Å². The molecule has 9 heteroatoms. The van der Waals surface area contributed by atoms with Gasteiger partial charge in [0.25, 0.3) is 0 Å². The Labute approximate surface area is 397 Å². The number of nitrogens with zero attached hydrogens (tertiary/aromatic N) is 9. The molecule has 0 unspecified atom stereocenters. The zero-order chi connectivity index (χ0) is 46.1. The summed E-state index contributed by atoms with van der Waals surface area (Å²) < 4.78 is 2.33. The monoisotopic (exact) mass is 883 g/mol. The van der Waals surface area contributed by atoms with E-state index in [4.69, 9.17) is 34.9 Å². The summed E-state index contributed by atoms with van der Waals surface area (Å²) >= 11 is 0. The molecule has 12 aromatic rings. The molecule has 4 heterocycles. The molecular formula is C60H37N9. The van der Waals surface area contributed by atoms with E-state index in [1.165, 1.54) is 0 Å². The summed E-state index contributed by atoms with van der Waals surface area (Å²) in [7, 11) is 0. The standard InChI is InChI=1S/C60H37N9/c61-37-39-25-27-40(28-26-39)45-29-31-54-50(35-45)48-23-13-14-24-52(48)69(54)53-32-30-46(59-65-55(41-15-5-1-6-16-41)63-56(66-59)42-17-7-2-8-18-42)36-49(53)47-33-34-62-38-51(47)60-67-57(43-19-9-3-10-20-43)64-58(68-60)44-21-11-4-12-22-44/h1-36,38H. The minimum absolute atomic E-state index is 0.481. The lowest BCUT2D eigenvalue weighted by Gasteiger charge is -2.18.